The molecule has 4 aromatic rings. The van der Waals surface area contributed by atoms with Gasteiger partial charge < -0.3 is 5.32 Å². The molecule has 0 bridgehead atoms. The molecule has 30 heavy (non-hydrogen) atoms. The summed E-state index contributed by atoms with van der Waals surface area (Å²) < 4.78 is 1.91. The first-order valence-corrected chi connectivity index (χ1v) is 10.6. The zero-order valence-electron chi connectivity index (χ0n) is 17.7. The molecular weight excluding hydrogens is 372 g/mol. The summed E-state index contributed by atoms with van der Waals surface area (Å²) in [5.74, 6) is 1.72. The summed E-state index contributed by atoms with van der Waals surface area (Å²) in [7, 11) is 1.97. The lowest BCUT2D eigenvalue weighted by Gasteiger charge is -2.10. The average molecular weight is 401 g/mol. The van der Waals surface area contributed by atoms with E-state index in [2.05, 4.69) is 47.6 Å². The Morgan fingerprint density at radius 3 is 2.50 bits per heavy atom. The molecule has 0 aliphatic heterocycles. The summed E-state index contributed by atoms with van der Waals surface area (Å²) in [6, 6.07) is 14.6. The predicted octanol–water partition coefficient (Wildman–Crippen LogP) is 4.15. The number of nitrogens with zero attached hydrogens (tertiary/aromatic N) is 5. The normalized spacial score (nSPS) is 11.1. The third-order valence-electron chi connectivity index (χ3n) is 5.19. The number of nitrogens with one attached hydrogen (secondary N) is 1. The Morgan fingerprint density at radius 1 is 0.900 bits per heavy atom. The molecule has 0 radical (unpaired) electrons. The third kappa shape index (κ3) is 4.64. The van der Waals surface area contributed by atoms with Crippen LogP contribution < -0.4 is 5.32 Å². The fraction of sp³-hybridized carbons (Fsp3) is 0.333. The van der Waals surface area contributed by atoms with E-state index in [0.29, 0.717) is 0 Å². The maximum Gasteiger partial charge on any atom is 0.156 e. The van der Waals surface area contributed by atoms with Crippen molar-refractivity contribution in [2.24, 2.45) is 7.05 Å². The number of pyridine rings is 1. The fourth-order valence-electron chi connectivity index (χ4n) is 3.70. The van der Waals surface area contributed by atoms with Crippen LogP contribution in [0.2, 0.25) is 0 Å². The van der Waals surface area contributed by atoms with Gasteiger partial charge in [0.2, 0.25) is 0 Å². The summed E-state index contributed by atoms with van der Waals surface area (Å²) in [6.45, 7) is 2.98. The van der Waals surface area contributed by atoms with Crippen LogP contribution >= 0.6 is 0 Å². The van der Waals surface area contributed by atoms with Gasteiger partial charge in [-0.3, -0.25) is 9.67 Å². The molecule has 0 spiro atoms. The van der Waals surface area contributed by atoms with E-state index in [1.54, 1.807) is 6.20 Å². The summed E-state index contributed by atoms with van der Waals surface area (Å²) in [4.78, 5) is 14.0. The summed E-state index contributed by atoms with van der Waals surface area (Å²) in [6.07, 6.45) is 8.24. The third-order valence-corrected chi connectivity index (χ3v) is 5.19. The van der Waals surface area contributed by atoms with Gasteiger partial charge in [0.1, 0.15) is 16.9 Å². The van der Waals surface area contributed by atoms with Crippen molar-refractivity contribution in [2.75, 3.05) is 11.9 Å². The number of benzene rings is 1. The van der Waals surface area contributed by atoms with Crippen LogP contribution in [0.25, 0.3) is 11.0 Å². The second kappa shape index (κ2) is 9.48. The SMILES string of the molecule is CCCc1nn(C)c2c(NCCc3ccccc3)nc(CCc3cccnc3)nc12. The van der Waals surface area contributed by atoms with Gasteiger partial charge in [0.25, 0.3) is 0 Å². The van der Waals surface area contributed by atoms with Gasteiger partial charge in [-0.05, 0) is 36.5 Å². The van der Waals surface area contributed by atoms with Gasteiger partial charge in [0, 0.05) is 32.4 Å². The zero-order valence-corrected chi connectivity index (χ0v) is 17.7. The first-order valence-electron chi connectivity index (χ1n) is 10.6. The van der Waals surface area contributed by atoms with Crippen LogP contribution in [0.3, 0.4) is 0 Å². The van der Waals surface area contributed by atoms with Gasteiger partial charge in [-0.1, -0.05) is 49.7 Å². The van der Waals surface area contributed by atoms with E-state index in [1.807, 2.05) is 30.1 Å². The topological polar surface area (TPSA) is 68.5 Å². The maximum absolute atomic E-state index is 4.90. The van der Waals surface area contributed by atoms with E-state index >= 15 is 0 Å². The highest BCUT2D eigenvalue weighted by Crippen LogP contribution is 2.24. The molecule has 3 heterocycles. The van der Waals surface area contributed by atoms with E-state index in [4.69, 9.17) is 15.1 Å². The largest absolute Gasteiger partial charge is 0.368 e. The van der Waals surface area contributed by atoms with Crippen LogP contribution in [0.4, 0.5) is 5.82 Å². The minimum absolute atomic E-state index is 0.773. The smallest absolute Gasteiger partial charge is 0.156 e. The van der Waals surface area contributed by atoms with Crippen LogP contribution in [0.1, 0.15) is 36.0 Å². The number of hydrogen-bond donors (Lipinski definition) is 1. The molecule has 4 rings (SSSR count). The van der Waals surface area contributed by atoms with Crippen molar-refractivity contribution in [1.29, 1.82) is 0 Å². The number of rotatable bonds is 9. The number of anilines is 1. The molecule has 0 amide bonds. The lowest BCUT2D eigenvalue weighted by Crippen LogP contribution is -2.10. The van der Waals surface area contributed by atoms with E-state index < -0.39 is 0 Å². The second-order valence-electron chi connectivity index (χ2n) is 7.53. The lowest BCUT2D eigenvalue weighted by atomic mass is 10.1. The number of aryl methyl sites for hydroxylation is 4. The van der Waals surface area contributed by atoms with E-state index in [1.165, 1.54) is 11.1 Å². The maximum atomic E-state index is 4.90. The molecule has 0 saturated carbocycles. The highest BCUT2D eigenvalue weighted by Gasteiger charge is 2.16. The first-order chi connectivity index (χ1) is 14.7. The Labute approximate surface area is 177 Å². The zero-order chi connectivity index (χ0) is 20.8. The van der Waals surface area contributed by atoms with E-state index in [9.17, 15) is 0 Å². The van der Waals surface area contributed by atoms with Gasteiger partial charge in [0.05, 0.1) is 5.69 Å². The first kappa shape index (κ1) is 20.0. The lowest BCUT2D eigenvalue weighted by molar-refractivity contribution is 0.752. The summed E-state index contributed by atoms with van der Waals surface area (Å²) in [5, 5.41) is 8.28. The quantitative estimate of drug-likeness (QED) is 0.457. The van der Waals surface area contributed by atoms with Crippen molar-refractivity contribution in [1.82, 2.24) is 24.7 Å². The van der Waals surface area contributed by atoms with E-state index in [-0.39, 0.29) is 0 Å². The van der Waals surface area contributed by atoms with E-state index in [0.717, 1.165) is 67.0 Å². The molecule has 6 nitrogen and oxygen atoms in total. The molecule has 1 aromatic carbocycles. The van der Waals surface area contributed by atoms with Gasteiger partial charge in [-0.25, -0.2) is 9.97 Å². The standard InChI is InChI=1S/C24H28N6/c1-3-8-20-22-23(30(2)29-20)24(26-16-14-18-9-5-4-6-10-18)28-21(27-22)13-12-19-11-7-15-25-17-19/h4-7,9-11,15,17H,3,8,12-14,16H2,1-2H3,(H,26,27,28). The molecule has 154 valence electrons. The highest BCUT2D eigenvalue weighted by atomic mass is 15.3. The minimum atomic E-state index is 0.773. The van der Waals surface area contributed by atoms with Crippen LogP contribution in [0.5, 0.6) is 0 Å². The van der Waals surface area contributed by atoms with Crippen molar-refractivity contribution in [3.05, 3.63) is 77.5 Å². The van der Waals surface area contributed by atoms with Crippen LogP contribution in [-0.4, -0.2) is 31.3 Å². The molecular formula is C24H28N6. The molecule has 0 aliphatic carbocycles. The number of fused-ring (bicyclic) bond motifs is 1. The van der Waals surface area contributed by atoms with Crippen molar-refractivity contribution in [2.45, 2.75) is 39.0 Å². The minimum Gasteiger partial charge on any atom is -0.368 e. The van der Waals surface area contributed by atoms with Crippen LogP contribution in [0, 0.1) is 0 Å². The van der Waals surface area contributed by atoms with Crippen molar-refractivity contribution in [3.63, 3.8) is 0 Å². The van der Waals surface area contributed by atoms with Gasteiger partial charge in [-0.2, -0.15) is 5.10 Å². The van der Waals surface area contributed by atoms with Gasteiger partial charge in [-0.15, -0.1) is 0 Å². The van der Waals surface area contributed by atoms with Crippen molar-refractivity contribution < 1.29 is 0 Å². The molecule has 0 fully saturated rings. The molecule has 6 heteroatoms. The molecule has 3 aromatic heterocycles. The van der Waals surface area contributed by atoms with Crippen molar-refractivity contribution >= 4 is 16.9 Å². The van der Waals surface area contributed by atoms with Gasteiger partial charge >= 0.3 is 0 Å². The number of hydrogen-bond acceptors (Lipinski definition) is 5. The monoisotopic (exact) mass is 400 g/mol. The average Bonchev–Trinajstić information content (AvgIpc) is 3.09. The molecule has 1 N–H and O–H groups in total. The predicted molar refractivity (Wildman–Crippen MR) is 121 cm³/mol. The molecule has 0 unspecified atom stereocenters. The van der Waals surface area contributed by atoms with Crippen LogP contribution in [-0.2, 0) is 32.7 Å². The summed E-state index contributed by atoms with van der Waals surface area (Å²) >= 11 is 0. The Hall–Kier alpha value is -3.28. The van der Waals surface area contributed by atoms with Crippen LogP contribution in [0.15, 0.2) is 54.9 Å². The Kier molecular flexibility index (Phi) is 6.32. The summed E-state index contributed by atoms with van der Waals surface area (Å²) in [5.41, 5.74) is 5.50. The Balaban J connectivity index is 1.60. The molecule has 0 atom stereocenters. The highest BCUT2D eigenvalue weighted by molar-refractivity contribution is 5.87. The number of aromatic nitrogens is 5. The fourth-order valence-corrected chi connectivity index (χ4v) is 3.70. The Bertz CT molecular complexity index is 1090. The van der Waals surface area contributed by atoms with Gasteiger partial charge in [0.15, 0.2) is 5.82 Å². The Morgan fingerprint density at radius 2 is 1.73 bits per heavy atom. The molecule has 0 saturated heterocycles. The van der Waals surface area contributed by atoms with Crippen molar-refractivity contribution in [3.8, 4) is 0 Å². The molecule has 0 aliphatic rings. The second-order valence-corrected chi connectivity index (χ2v) is 7.53.